The average Bonchev–Trinajstić information content (AvgIpc) is 3.34. The van der Waals surface area contributed by atoms with Crippen molar-refractivity contribution in [2.45, 2.75) is 19.1 Å². The molecule has 1 aromatic carbocycles. The van der Waals surface area contributed by atoms with Gasteiger partial charge in [0.05, 0.1) is 17.4 Å². The summed E-state index contributed by atoms with van der Waals surface area (Å²) in [6.45, 7) is 0.298. The Bertz CT molecular complexity index is 975. The molecule has 0 spiro atoms. The van der Waals surface area contributed by atoms with Crippen molar-refractivity contribution in [2.24, 2.45) is 23.7 Å². The monoisotopic (exact) mass is 415 g/mol. The van der Waals surface area contributed by atoms with Crippen LogP contribution in [0, 0.1) is 23.7 Å². The van der Waals surface area contributed by atoms with Crippen LogP contribution in [-0.4, -0.2) is 16.8 Å². The summed E-state index contributed by atoms with van der Waals surface area (Å²) in [4.78, 5) is 29.8. The summed E-state index contributed by atoms with van der Waals surface area (Å²) in [6, 6.07) is 8.12. The molecular formula is C22H20F3N3O2. The molecule has 1 saturated carbocycles. The third-order valence-electron chi connectivity index (χ3n) is 5.71. The second-order valence-corrected chi connectivity index (χ2v) is 7.65. The lowest BCUT2D eigenvalue weighted by Crippen LogP contribution is -2.41. The van der Waals surface area contributed by atoms with E-state index in [-0.39, 0.29) is 23.4 Å². The Balaban J connectivity index is 1.47. The number of nitrogens with one attached hydrogen (secondary N) is 2. The van der Waals surface area contributed by atoms with E-state index >= 15 is 0 Å². The summed E-state index contributed by atoms with van der Waals surface area (Å²) >= 11 is 0. The van der Waals surface area contributed by atoms with Gasteiger partial charge in [0.1, 0.15) is 0 Å². The second-order valence-electron chi connectivity index (χ2n) is 7.65. The van der Waals surface area contributed by atoms with Crippen LogP contribution in [0.25, 0.3) is 0 Å². The molecule has 4 atom stereocenters. The number of benzene rings is 1. The molecule has 2 aliphatic carbocycles. The highest BCUT2D eigenvalue weighted by Crippen LogP contribution is 2.48. The van der Waals surface area contributed by atoms with Crippen molar-refractivity contribution < 1.29 is 22.8 Å². The normalized spacial score (nSPS) is 24.6. The largest absolute Gasteiger partial charge is 0.416 e. The van der Waals surface area contributed by atoms with Crippen molar-refractivity contribution in [2.75, 3.05) is 5.32 Å². The molecule has 2 bridgehead atoms. The smallest absolute Gasteiger partial charge is 0.352 e. The first-order chi connectivity index (χ1) is 14.3. The number of alkyl halides is 3. The van der Waals surface area contributed by atoms with Crippen LogP contribution >= 0.6 is 0 Å². The first kappa shape index (κ1) is 20.1. The molecule has 5 nitrogen and oxygen atoms in total. The molecule has 0 saturated heterocycles. The summed E-state index contributed by atoms with van der Waals surface area (Å²) < 4.78 is 38.8. The number of nitrogens with zero attached hydrogens (tertiary/aromatic N) is 1. The lowest BCUT2D eigenvalue weighted by Gasteiger charge is -2.26. The van der Waals surface area contributed by atoms with Gasteiger partial charge in [0.25, 0.3) is 0 Å². The van der Waals surface area contributed by atoms with Crippen molar-refractivity contribution in [3.63, 3.8) is 0 Å². The molecule has 1 fully saturated rings. The van der Waals surface area contributed by atoms with Gasteiger partial charge in [0, 0.05) is 24.6 Å². The number of carbonyl (C=O) groups is 2. The van der Waals surface area contributed by atoms with Gasteiger partial charge in [-0.05, 0) is 48.1 Å². The highest BCUT2D eigenvalue weighted by atomic mass is 19.4. The summed E-state index contributed by atoms with van der Waals surface area (Å²) in [7, 11) is 0. The van der Waals surface area contributed by atoms with E-state index in [0.717, 1.165) is 17.7 Å². The van der Waals surface area contributed by atoms with E-state index in [1.54, 1.807) is 18.5 Å². The minimum Gasteiger partial charge on any atom is -0.352 e. The van der Waals surface area contributed by atoms with E-state index in [1.807, 2.05) is 18.2 Å². The van der Waals surface area contributed by atoms with Crippen LogP contribution in [-0.2, 0) is 22.3 Å². The number of amides is 2. The zero-order chi connectivity index (χ0) is 21.3. The first-order valence-electron chi connectivity index (χ1n) is 9.66. The fourth-order valence-corrected chi connectivity index (χ4v) is 4.35. The number of halogens is 3. The van der Waals surface area contributed by atoms with E-state index in [2.05, 4.69) is 15.6 Å². The van der Waals surface area contributed by atoms with E-state index < -0.39 is 29.5 Å². The minimum atomic E-state index is -4.50. The van der Waals surface area contributed by atoms with Gasteiger partial charge >= 0.3 is 6.18 Å². The van der Waals surface area contributed by atoms with Gasteiger partial charge in [-0.1, -0.05) is 24.3 Å². The predicted molar refractivity (Wildman–Crippen MR) is 104 cm³/mol. The van der Waals surface area contributed by atoms with Crippen molar-refractivity contribution in [1.29, 1.82) is 0 Å². The fraction of sp³-hybridized carbons (Fsp3) is 0.318. The SMILES string of the molecule is O=C(NCc1cccnc1)[C@H]1[C@H](C(=O)Nc2cccc(C(F)(F)F)c2)[C@H]2C=C[C@H]1C2. The summed E-state index contributed by atoms with van der Waals surface area (Å²) in [5.41, 5.74) is 0.0736. The molecule has 1 heterocycles. The number of carbonyl (C=O) groups excluding carboxylic acids is 2. The van der Waals surface area contributed by atoms with Gasteiger partial charge < -0.3 is 10.6 Å². The van der Waals surface area contributed by atoms with Gasteiger partial charge in [0.15, 0.2) is 0 Å². The van der Waals surface area contributed by atoms with Crippen LogP contribution in [0.5, 0.6) is 0 Å². The van der Waals surface area contributed by atoms with Crippen molar-refractivity contribution >= 4 is 17.5 Å². The molecule has 0 aliphatic heterocycles. The van der Waals surface area contributed by atoms with Gasteiger partial charge in [0.2, 0.25) is 11.8 Å². The number of hydrogen-bond donors (Lipinski definition) is 2. The topological polar surface area (TPSA) is 71.1 Å². The molecule has 2 N–H and O–H groups in total. The van der Waals surface area contributed by atoms with E-state index in [0.29, 0.717) is 13.0 Å². The Morgan fingerprint density at radius 2 is 1.77 bits per heavy atom. The zero-order valence-electron chi connectivity index (χ0n) is 15.9. The summed E-state index contributed by atoms with van der Waals surface area (Å²) in [5.74, 6) is -2.00. The number of allylic oxidation sites excluding steroid dienone is 2. The van der Waals surface area contributed by atoms with Crippen LogP contribution < -0.4 is 10.6 Å². The maximum absolute atomic E-state index is 12.9. The Morgan fingerprint density at radius 3 is 2.43 bits per heavy atom. The standard InChI is InChI=1S/C22H20F3N3O2/c23-22(24,25)16-4-1-5-17(10-16)28-21(30)19-15-7-6-14(9-15)18(19)20(29)27-12-13-3-2-8-26-11-13/h1-8,10-11,14-15,18-19H,9,12H2,(H,27,29)(H,28,30)/t14-,15-,18+,19+/m0/s1. The Hall–Kier alpha value is -3.16. The van der Waals surface area contributed by atoms with E-state index in [9.17, 15) is 22.8 Å². The Kier molecular flexibility index (Phi) is 5.32. The molecule has 2 aliphatic rings. The number of hydrogen-bond acceptors (Lipinski definition) is 3. The highest BCUT2D eigenvalue weighted by molar-refractivity contribution is 5.97. The minimum absolute atomic E-state index is 0.0545. The first-order valence-corrected chi connectivity index (χ1v) is 9.66. The third kappa shape index (κ3) is 4.08. The number of rotatable bonds is 5. The molecule has 1 aromatic heterocycles. The third-order valence-corrected chi connectivity index (χ3v) is 5.71. The van der Waals surface area contributed by atoms with Crippen LogP contribution in [0.2, 0.25) is 0 Å². The number of anilines is 1. The molecule has 2 aromatic rings. The van der Waals surface area contributed by atoms with Crippen molar-refractivity contribution in [3.8, 4) is 0 Å². The highest BCUT2D eigenvalue weighted by Gasteiger charge is 2.51. The molecule has 2 amide bonds. The molecule has 0 unspecified atom stereocenters. The Morgan fingerprint density at radius 1 is 1.03 bits per heavy atom. The molecule has 30 heavy (non-hydrogen) atoms. The zero-order valence-corrected chi connectivity index (χ0v) is 15.9. The van der Waals surface area contributed by atoms with E-state index in [1.165, 1.54) is 12.1 Å². The second kappa shape index (κ2) is 7.93. The van der Waals surface area contributed by atoms with Crippen LogP contribution in [0.15, 0.2) is 60.9 Å². The Labute approximate surface area is 171 Å². The van der Waals surface area contributed by atoms with Gasteiger partial charge in [-0.15, -0.1) is 0 Å². The van der Waals surface area contributed by atoms with Crippen molar-refractivity contribution in [3.05, 3.63) is 72.1 Å². The lowest BCUT2D eigenvalue weighted by atomic mass is 9.81. The molecule has 4 rings (SSSR count). The van der Waals surface area contributed by atoms with Crippen LogP contribution in [0.4, 0.5) is 18.9 Å². The maximum Gasteiger partial charge on any atom is 0.416 e. The number of fused-ring (bicyclic) bond motifs is 2. The molecule has 0 radical (unpaired) electrons. The van der Waals surface area contributed by atoms with E-state index in [4.69, 9.17) is 0 Å². The quantitative estimate of drug-likeness (QED) is 0.730. The van der Waals surface area contributed by atoms with Crippen molar-refractivity contribution in [1.82, 2.24) is 10.3 Å². The molecule has 156 valence electrons. The summed E-state index contributed by atoms with van der Waals surface area (Å²) in [5, 5.41) is 5.44. The fourth-order valence-electron chi connectivity index (χ4n) is 4.35. The molecule has 8 heteroatoms. The molecular weight excluding hydrogens is 395 g/mol. The summed E-state index contributed by atoms with van der Waals surface area (Å²) in [6.07, 6.45) is 3.36. The van der Waals surface area contributed by atoms with Crippen LogP contribution in [0.3, 0.4) is 0 Å². The predicted octanol–water partition coefficient (Wildman–Crippen LogP) is 3.79. The number of pyridine rings is 1. The number of aromatic nitrogens is 1. The van der Waals surface area contributed by atoms with Crippen LogP contribution in [0.1, 0.15) is 17.5 Å². The maximum atomic E-state index is 12.9. The van der Waals surface area contributed by atoms with Gasteiger partial charge in [-0.3, -0.25) is 14.6 Å². The lowest BCUT2D eigenvalue weighted by molar-refractivity contribution is -0.137. The van der Waals surface area contributed by atoms with Gasteiger partial charge in [-0.25, -0.2) is 0 Å². The average molecular weight is 415 g/mol. The van der Waals surface area contributed by atoms with Gasteiger partial charge in [-0.2, -0.15) is 13.2 Å².